The van der Waals surface area contributed by atoms with Gasteiger partial charge >= 0.3 is 0 Å². The van der Waals surface area contributed by atoms with Crippen molar-refractivity contribution in [1.82, 2.24) is 25.4 Å². The summed E-state index contributed by atoms with van der Waals surface area (Å²) in [5.41, 5.74) is 4.11. The van der Waals surface area contributed by atoms with Crippen molar-refractivity contribution in [2.75, 3.05) is 7.05 Å². The van der Waals surface area contributed by atoms with Gasteiger partial charge in [-0.05, 0) is 71.2 Å². The van der Waals surface area contributed by atoms with E-state index in [-0.39, 0.29) is 18.4 Å². The molecule has 0 radical (unpaired) electrons. The third-order valence-electron chi connectivity index (χ3n) is 7.24. The van der Waals surface area contributed by atoms with Crippen molar-refractivity contribution in [2.45, 2.75) is 71.0 Å². The molecule has 0 unspecified atom stereocenters. The zero-order valence-corrected chi connectivity index (χ0v) is 22.1. The van der Waals surface area contributed by atoms with E-state index in [1.807, 2.05) is 38.2 Å². The molecular weight excluding hydrogens is 480 g/mol. The summed E-state index contributed by atoms with van der Waals surface area (Å²) in [4.78, 5) is 19.6. The van der Waals surface area contributed by atoms with Gasteiger partial charge in [0.2, 0.25) is 5.91 Å². The summed E-state index contributed by atoms with van der Waals surface area (Å²) in [6, 6.07) is 8.07. The lowest BCUT2D eigenvalue weighted by molar-refractivity contribution is -0.122. The first kappa shape index (κ1) is 24.2. The molecule has 0 bridgehead atoms. The molecule has 1 aliphatic carbocycles. The van der Waals surface area contributed by atoms with Crippen molar-refractivity contribution < 1.29 is 4.79 Å². The van der Waals surface area contributed by atoms with Gasteiger partial charge in [0, 0.05) is 33.1 Å². The molecule has 1 amide bonds. The van der Waals surface area contributed by atoms with Crippen LogP contribution in [0.2, 0.25) is 5.02 Å². The van der Waals surface area contributed by atoms with Crippen molar-refractivity contribution in [2.24, 2.45) is 4.99 Å². The number of aromatic nitrogens is 3. The number of carbonyl (C=O) groups is 1. The molecule has 3 aromatic rings. The van der Waals surface area contributed by atoms with Crippen LogP contribution in [0.4, 0.5) is 0 Å². The molecule has 2 aromatic heterocycles. The highest BCUT2D eigenvalue weighted by Crippen LogP contribution is 2.39. The number of aliphatic imine (C=N–C) groups is 1. The second kappa shape index (κ2) is 9.84. The normalized spacial score (nSPS) is 21.6. The maximum atomic E-state index is 13.2. The van der Waals surface area contributed by atoms with Gasteiger partial charge < -0.3 is 10.6 Å². The minimum atomic E-state index is -0.435. The lowest BCUT2D eigenvalue weighted by Gasteiger charge is -2.29. The van der Waals surface area contributed by atoms with Gasteiger partial charge in [0.25, 0.3) is 0 Å². The minimum absolute atomic E-state index is 0.00692. The third-order valence-corrected chi connectivity index (χ3v) is 8.68. The van der Waals surface area contributed by atoms with Gasteiger partial charge in [0.1, 0.15) is 16.9 Å². The fourth-order valence-corrected chi connectivity index (χ4v) is 6.46. The lowest BCUT2D eigenvalue weighted by atomic mass is 9.91. The predicted molar refractivity (Wildman–Crippen MR) is 141 cm³/mol. The molecule has 2 aliphatic rings. The predicted octanol–water partition coefficient (Wildman–Crippen LogP) is 4.84. The number of rotatable bonds is 5. The van der Waals surface area contributed by atoms with E-state index in [1.54, 1.807) is 11.3 Å². The molecule has 2 N–H and O–H groups in total. The average molecular weight is 511 g/mol. The van der Waals surface area contributed by atoms with Crippen LogP contribution in [-0.2, 0) is 4.79 Å². The first-order valence-corrected chi connectivity index (χ1v) is 13.4. The quantitative estimate of drug-likeness (QED) is 0.514. The van der Waals surface area contributed by atoms with Gasteiger partial charge in [-0.25, -0.2) is 0 Å². The largest absolute Gasteiger partial charge is 0.353 e. The molecule has 1 aliphatic heterocycles. The summed E-state index contributed by atoms with van der Waals surface area (Å²) in [5, 5.41) is 17.2. The van der Waals surface area contributed by atoms with E-state index < -0.39 is 6.04 Å². The molecule has 1 fully saturated rings. The van der Waals surface area contributed by atoms with Crippen LogP contribution in [0.1, 0.15) is 71.4 Å². The smallest absolute Gasteiger partial charge is 0.222 e. The van der Waals surface area contributed by atoms with Crippen LogP contribution in [0, 0.1) is 20.8 Å². The average Bonchev–Trinajstić information content (AvgIpc) is 3.32. The van der Waals surface area contributed by atoms with E-state index in [0.29, 0.717) is 16.9 Å². The Morgan fingerprint density at radius 2 is 1.77 bits per heavy atom. The van der Waals surface area contributed by atoms with E-state index in [1.165, 1.54) is 10.4 Å². The maximum absolute atomic E-state index is 13.2. The highest BCUT2D eigenvalue weighted by atomic mass is 35.5. The number of hydrogen-bond donors (Lipinski definition) is 2. The number of nitrogens with one attached hydrogen (secondary N) is 2. The van der Waals surface area contributed by atoms with Crippen molar-refractivity contribution in [3.05, 3.63) is 62.5 Å². The van der Waals surface area contributed by atoms with Gasteiger partial charge in [-0.3, -0.25) is 14.4 Å². The van der Waals surface area contributed by atoms with Crippen molar-refractivity contribution in [3.8, 4) is 5.00 Å². The molecule has 1 saturated carbocycles. The number of halogens is 1. The van der Waals surface area contributed by atoms with E-state index >= 15 is 0 Å². The topological polar surface area (TPSA) is 84.2 Å². The molecule has 0 saturated heterocycles. The first-order valence-electron chi connectivity index (χ1n) is 12.2. The van der Waals surface area contributed by atoms with Gasteiger partial charge in [0.05, 0.1) is 12.1 Å². The van der Waals surface area contributed by atoms with Gasteiger partial charge in [-0.1, -0.05) is 23.7 Å². The Bertz CT molecular complexity index is 1270. The summed E-state index contributed by atoms with van der Waals surface area (Å²) in [5.74, 6) is 1.52. The van der Waals surface area contributed by atoms with Crippen LogP contribution in [0.5, 0.6) is 0 Å². The van der Waals surface area contributed by atoms with Crippen molar-refractivity contribution in [3.63, 3.8) is 0 Å². The van der Waals surface area contributed by atoms with Gasteiger partial charge in [0.15, 0.2) is 5.82 Å². The Hall–Kier alpha value is -2.55. The van der Waals surface area contributed by atoms with Crippen molar-refractivity contribution >= 4 is 34.6 Å². The third kappa shape index (κ3) is 4.67. The van der Waals surface area contributed by atoms with E-state index in [0.717, 1.165) is 53.3 Å². The molecule has 184 valence electrons. The molecule has 1 aromatic carbocycles. The monoisotopic (exact) mass is 510 g/mol. The van der Waals surface area contributed by atoms with Crippen LogP contribution in [0.25, 0.3) is 5.00 Å². The molecule has 1 atom stereocenters. The Morgan fingerprint density at radius 3 is 2.46 bits per heavy atom. The molecule has 3 heterocycles. The second-order valence-corrected chi connectivity index (χ2v) is 11.2. The maximum Gasteiger partial charge on any atom is 0.222 e. The fraction of sp³-hybridized carbons (Fsp3) is 0.462. The summed E-state index contributed by atoms with van der Waals surface area (Å²) >= 11 is 7.90. The number of amides is 1. The summed E-state index contributed by atoms with van der Waals surface area (Å²) in [6.07, 6.45) is 4.37. The van der Waals surface area contributed by atoms with Gasteiger partial charge in [-0.2, -0.15) is 0 Å². The fourth-order valence-electron chi connectivity index (χ4n) is 5.12. The van der Waals surface area contributed by atoms with Gasteiger partial charge in [-0.15, -0.1) is 21.5 Å². The standard InChI is InChI=1S/C26H31ClN6OS/c1-14-15(2)35-26-23(14)24(17-5-7-18(27)8-6-17)30-21(25-32-31-16(3)33(25)26)13-22(34)29-20-11-9-19(28-4)10-12-20/h5-8,19-21,28H,9-13H2,1-4H3,(H,29,34)/t19?,20?,21-/m0/s1. The molecular formula is C26H31ClN6OS. The number of benzene rings is 1. The number of aryl methyl sites for hydroxylation is 2. The molecule has 9 heteroatoms. The zero-order valence-electron chi connectivity index (χ0n) is 20.6. The molecule has 7 nitrogen and oxygen atoms in total. The molecule has 0 spiro atoms. The number of thiophene rings is 1. The van der Waals surface area contributed by atoms with Crippen LogP contribution in [0.3, 0.4) is 0 Å². The van der Waals surface area contributed by atoms with Crippen LogP contribution in [-0.4, -0.2) is 45.5 Å². The summed E-state index contributed by atoms with van der Waals surface area (Å²) in [7, 11) is 2.01. The van der Waals surface area contributed by atoms with Crippen molar-refractivity contribution in [1.29, 1.82) is 0 Å². The Balaban J connectivity index is 1.52. The molecule has 35 heavy (non-hydrogen) atoms. The first-order chi connectivity index (χ1) is 16.9. The zero-order chi connectivity index (χ0) is 24.7. The Kier molecular flexibility index (Phi) is 6.79. The highest BCUT2D eigenvalue weighted by Gasteiger charge is 2.33. The Labute approximate surface area is 215 Å². The van der Waals surface area contributed by atoms with E-state index in [2.05, 4.69) is 39.2 Å². The number of hydrogen-bond acceptors (Lipinski definition) is 6. The summed E-state index contributed by atoms with van der Waals surface area (Å²) in [6.45, 7) is 6.21. The molecule has 5 rings (SSSR count). The highest BCUT2D eigenvalue weighted by molar-refractivity contribution is 7.15. The van der Waals surface area contributed by atoms with Crippen LogP contribution < -0.4 is 10.6 Å². The van der Waals surface area contributed by atoms with E-state index in [4.69, 9.17) is 16.6 Å². The lowest BCUT2D eigenvalue weighted by Crippen LogP contribution is -2.41. The second-order valence-electron chi connectivity index (χ2n) is 9.51. The Morgan fingerprint density at radius 1 is 1.09 bits per heavy atom. The minimum Gasteiger partial charge on any atom is -0.353 e. The van der Waals surface area contributed by atoms with Crippen LogP contribution >= 0.6 is 22.9 Å². The summed E-state index contributed by atoms with van der Waals surface area (Å²) < 4.78 is 2.09. The SMILES string of the molecule is CNC1CCC(NC(=O)C[C@@H]2N=C(c3ccc(Cl)cc3)c3c(sc(C)c3C)-n3c(C)nnc32)CC1. The van der Waals surface area contributed by atoms with Crippen LogP contribution in [0.15, 0.2) is 29.3 Å². The van der Waals surface area contributed by atoms with E-state index in [9.17, 15) is 4.79 Å². The number of fused-ring (bicyclic) bond motifs is 3. The number of carbonyl (C=O) groups excluding carboxylic acids is 1. The number of nitrogens with zero attached hydrogens (tertiary/aromatic N) is 4.